The first kappa shape index (κ1) is 15.8. The normalized spacial score (nSPS) is 18.5. The molecule has 0 spiro atoms. The number of halogens is 3. The Labute approximate surface area is 129 Å². The van der Waals surface area contributed by atoms with E-state index in [2.05, 4.69) is 17.9 Å². The average Bonchev–Trinajstić information content (AvgIpc) is 2.45. The number of rotatable bonds is 1. The van der Waals surface area contributed by atoms with Crippen LogP contribution in [-0.4, -0.2) is 0 Å². The number of dihydropyridines is 1. The molecule has 2 rings (SSSR count). The van der Waals surface area contributed by atoms with Crippen LogP contribution in [0.3, 0.4) is 0 Å². The summed E-state index contributed by atoms with van der Waals surface area (Å²) >= 11 is 4.03. The molecule has 0 fully saturated rings. The van der Waals surface area contributed by atoms with Crippen LogP contribution in [0.1, 0.15) is 17.0 Å². The minimum atomic E-state index is -4.62. The Kier molecular flexibility index (Phi) is 4.07. The third kappa shape index (κ3) is 2.61. The van der Waals surface area contributed by atoms with E-state index in [1.54, 1.807) is 12.1 Å². The molecule has 112 valence electrons. The van der Waals surface area contributed by atoms with Crippen molar-refractivity contribution in [3.05, 3.63) is 57.4 Å². The van der Waals surface area contributed by atoms with Gasteiger partial charge < -0.3 is 11.1 Å². The summed E-state index contributed by atoms with van der Waals surface area (Å²) in [6.07, 6.45) is -4.62. The number of allylic oxidation sites excluding steroid dienone is 2. The Morgan fingerprint density at radius 3 is 2.27 bits per heavy atom. The van der Waals surface area contributed by atoms with Crippen molar-refractivity contribution in [1.29, 1.82) is 10.5 Å². The van der Waals surface area contributed by atoms with Gasteiger partial charge in [0, 0.05) is 0 Å². The van der Waals surface area contributed by atoms with Gasteiger partial charge in [0.15, 0.2) is 0 Å². The first-order valence-electron chi connectivity index (χ1n) is 5.97. The molecule has 22 heavy (non-hydrogen) atoms. The summed E-state index contributed by atoms with van der Waals surface area (Å²) in [7, 11) is 0. The smallest absolute Gasteiger partial charge is 0.384 e. The van der Waals surface area contributed by atoms with Crippen LogP contribution in [0.4, 0.5) is 13.2 Å². The zero-order valence-corrected chi connectivity index (χ0v) is 11.8. The van der Waals surface area contributed by atoms with Crippen LogP contribution in [0, 0.1) is 22.7 Å². The fourth-order valence-corrected chi connectivity index (χ4v) is 2.56. The van der Waals surface area contributed by atoms with Crippen LogP contribution in [0.2, 0.25) is 0 Å². The lowest BCUT2D eigenvalue weighted by Gasteiger charge is -2.27. The molecule has 1 aromatic rings. The SMILES string of the molecule is N#CC1=C(N)NC(S)=C(C#N)C1c1ccccc1C(F)(F)F. The van der Waals surface area contributed by atoms with Gasteiger partial charge in [-0.15, -0.1) is 12.6 Å². The number of nitrogens with one attached hydrogen (secondary N) is 1. The van der Waals surface area contributed by atoms with Gasteiger partial charge in [-0.3, -0.25) is 0 Å². The lowest BCUT2D eigenvalue weighted by Crippen LogP contribution is -2.29. The Morgan fingerprint density at radius 2 is 1.73 bits per heavy atom. The summed E-state index contributed by atoms with van der Waals surface area (Å²) in [5.41, 5.74) is 4.29. The predicted molar refractivity (Wildman–Crippen MR) is 75.8 cm³/mol. The monoisotopic (exact) mass is 322 g/mol. The van der Waals surface area contributed by atoms with Crippen LogP contribution in [0.5, 0.6) is 0 Å². The molecule has 1 aliphatic heterocycles. The molecular formula is C14H9F3N4S. The molecule has 0 aliphatic carbocycles. The van der Waals surface area contributed by atoms with E-state index < -0.39 is 17.7 Å². The highest BCUT2D eigenvalue weighted by Crippen LogP contribution is 2.43. The maximum atomic E-state index is 13.2. The minimum absolute atomic E-state index is 0.0287. The largest absolute Gasteiger partial charge is 0.416 e. The van der Waals surface area contributed by atoms with E-state index in [0.717, 1.165) is 6.07 Å². The van der Waals surface area contributed by atoms with Crippen LogP contribution in [0.25, 0.3) is 0 Å². The van der Waals surface area contributed by atoms with Crippen molar-refractivity contribution in [2.24, 2.45) is 5.73 Å². The molecule has 0 amide bonds. The Balaban J connectivity index is 2.76. The third-order valence-corrected chi connectivity index (χ3v) is 3.55. The molecule has 0 aromatic heterocycles. The molecule has 1 heterocycles. The lowest BCUT2D eigenvalue weighted by atomic mass is 9.82. The molecule has 1 unspecified atom stereocenters. The number of alkyl halides is 3. The summed E-state index contributed by atoms with van der Waals surface area (Å²) in [6, 6.07) is 8.34. The fraction of sp³-hybridized carbons (Fsp3) is 0.143. The van der Waals surface area contributed by atoms with Crippen LogP contribution in [0.15, 0.2) is 46.3 Å². The quantitative estimate of drug-likeness (QED) is 0.694. The second-order valence-corrected chi connectivity index (χ2v) is 4.90. The number of thiol groups is 1. The van der Waals surface area contributed by atoms with Crippen LogP contribution < -0.4 is 11.1 Å². The molecule has 3 N–H and O–H groups in total. The Morgan fingerprint density at radius 1 is 1.14 bits per heavy atom. The van der Waals surface area contributed by atoms with E-state index in [-0.39, 0.29) is 27.6 Å². The summed E-state index contributed by atoms with van der Waals surface area (Å²) in [6.45, 7) is 0. The molecular weight excluding hydrogens is 313 g/mol. The minimum Gasteiger partial charge on any atom is -0.384 e. The van der Waals surface area contributed by atoms with Crippen molar-refractivity contribution >= 4 is 12.6 Å². The number of hydrogen-bond donors (Lipinski definition) is 3. The van der Waals surface area contributed by atoms with E-state index in [0.29, 0.717) is 0 Å². The first-order chi connectivity index (χ1) is 10.3. The summed E-state index contributed by atoms with van der Waals surface area (Å²) in [5.74, 6) is -1.32. The second-order valence-electron chi connectivity index (χ2n) is 4.46. The molecule has 1 aliphatic rings. The van der Waals surface area contributed by atoms with Gasteiger partial charge in [-0.05, 0) is 11.6 Å². The zero-order valence-electron chi connectivity index (χ0n) is 10.9. The lowest BCUT2D eigenvalue weighted by molar-refractivity contribution is -0.138. The van der Waals surface area contributed by atoms with E-state index >= 15 is 0 Å². The highest BCUT2D eigenvalue weighted by atomic mass is 32.1. The summed E-state index contributed by atoms with van der Waals surface area (Å²) in [5, 5.41) is 21.0. The molecule has 8 heteroatoms. The molecule has 0 radical (unpaired) electrons. The fourth-order valence-electron chi connectivity index (χ4n) is 2.26. The zero-order chi connectivity index (χ0) is 16.5. The van der Waals surface area contributed by atoms with Crippen molar-refractivity contribution in [1.82, 2.24) is 5.32 Å². The van der Waals surface area contributed by atoms with Crippen molar-refractivity contribution in [2.75, 3.05) is 0 Å². The third-order valence-electron chi connectivity index (χ3n) is 3.19. The highest BCUT2D eigenvalue weighted by molar-refractivity contribution is 7.84. The number of nitrogens with two attached hydrogens (primary N) is 1. The summed E-state index contributed by atoms with van der Waals surface area (Å²) in [4.78, 5) is 0. The van der Waals surface area contributed by atoms with E-state index in [1.807, 2.05) is 0 Å². The maximum Gasteiger partial charge on any atom is 0.416 e. The van der Waals surface area contributed by atoms with Crippen molar-refractivity contribution < 1.29 is 13.2 Å². The molecule has 1 aromatic carbocycles. The van der Waals surface area contributed by atoms with Gasteiger partial charge in [0.05, 0.1) is 39.8 Å². The highest BCUT2D eigenvalue weighted by Gasteiger charge is 2.39. The topological polar surface area (TPSA) is 85.6 Å². The summed E-state index contributed by atoms with van der Waals surface area (Å²) < 4.78 is 39.6. The second kappa shape index (κ2) is 5.66. The Hall–Kier alpha value is -2.58. The standard InChI is InChI=1S/C14H9F3N4S/c15-14(16,17)10-4-2-1-3-7(10)11-8(5-18)12(20)21-13(22)9(11)6-19/h1-4,11,21-22H,20H2. The van der Waals surface area contributed by atoms with Crippen molar-refractivity contribution in [2.45, 2.75) is 12.1 Å². The molecule has 0 saturated carbocycles. The Bertz CT molecular complexity index is 730. The number of benzene rings is 1. The van der Waals surface area contributed by atoms with Gasteiger partial charge in [-0.25, -0.2) is 0 Å². The molecule has 1 atom stereocenters. The molecule has 4 nitrogen and oxygen atoms in total. The van der Waals surface area contributed by atoms with Gasteiger partial charge in [0.25, 0.3) is 0 Å². The van der Waals surface area contributed by atoms with Gasteiger partial charge in [0.2, 0.25) is 0 Å². The van der Waals surface area contributed by atoms with Crippen molar-refractivity contribution in [3.63, 3.8) is 0 Å². The number of nitrogens with zero attached hydrogens (tertiary/aromatic N) is 2. The van der Waals surface area contributed by atoms with Gasteiger partial charge in [-0.1, -0.05) is 18.2 Å². The van der Waals surface area contributed by atoms with Crippen LogP contribution >= 0.6 is 12.6 Å². The molecule has 0 saturated heterocycles. The van der Waals surface area contributed by atoms with Crippen molar-refractivity contribution in [3.8, 4) is 12.1 Å². The maximum absolute atomic E-state index is 13.2. The number of nitriles is 2. The van der Waals surface area contributed by atoms with E-state index in [9.17, 15) is 23.7 Å². The van der Waals surface area contributed by atoms with Gasteiger partial charge in [-0.2, -0.15) is 23.7 Å². The number of hydrogen-bond acceptors (Lipinski definition) is 5. The van der Waals surface area contributed by atoms with Gasteiger partial charge in [0.1, 0.15) is 5.82 Å². The average molecular weight is 322 g/mol. The van der Waals surface area contributed by atoms with E-state index in [4.69, 9.17) is 5.73 Å². The van der Waals surface area contributed by atoms with Gasteiger partial charge >= 0.3 is 6.18 Å². The van der Waals surface area contributed by atoms with E-state index in [1.165, 1.54) is 18.2 Å². The first-order valence-corrected chi connectivity index (χ1v) is 6.42. The predicted octanol–water partition coefficient (Wildman–Crippen LogP) is 2.75. The molecule has 0 bridgehead atoms. The van der Waals surface area contributed by atoms with Crippen LogP contribution in [-0.2, 0) is 6.18 Å².